The number of hydrogen-bond donors (Lipinski definition) is 4. The lowest BCUT2D eigenvalue weighted by molar-refractivity contribution is -0.126. The van der Waals surface area contributed by atoms with E-state index in [2.05, 4.69) is 20.5 Å². The molecule has 0 saturated carbocycles. The van der Waals surface area contributed by atoms with Crippen LogP contribution in [-0.4, -0.2) is 59.5 Å². The fourth-order valence-electron chi connectivity index (χ4n) is 2.99. The number of fused-ring (bicyclic) bond motifs is 2. The van der Waals surface area contributed by atoms with E-state index >= 15 is 0 Å². The Labute approximate surface area is 154 Å². The molecule has 2 fully saturated rings. The minimum Gasteiger partial charge on any atom is -0.309 e. The Bertz CT molecular complexity index is 847. The van der Waals surface area contributed by atoms with E-state index in [0.29, 0.717) is 10.8 Å². The first-order valence-electron chi connectivity index (χ1n) is 7.93. The summed E-state index contributed by atoms with van der Waals surface area (Å²) in [6.45, 7) is 0.0582. The Balaban J connectivity index is 1.55. The highest BCUT2D eigenvalue weighted by molar-refractivity contribution is 7.80. The molecule has 12 nitrogen and oxygen atoms in total. The Kier molecular flexibility index (Phi) is 5.16. The first-order valence-corrected chi connectivity index (χ1v) is 9.30. The van der Waals surface area contributed by atoms with E-state index in [1.165, 1.54) is 0 Å². The second-order valence-corrected chi connectivity index (χ2v) is 6.95. The molecule has 27 heavy (non-hydrogen) atoms. The summed E-state index contributed by atoms with van der Waals surface area (Å²) in [7, 11) is -4.86. The number of amides is 5. The monoisotopic (exact) mass is 399 g/mol. The molecule has 2 aliphatic rings. The highest BCUT2D eigenvalue weighted by Crippen LogP contribution is 2.30. The number of para-hydroxylation sites is 1. The molecule has 2 atom stereocenters. The Morgan fingerprint density at radius 3 is 2.52 bits per heavy atom. The number of carbonyl (C=O) groups excluding carboxylic acids is 3. The van der Waals surface area contributed by atoms with Gasteiger partial charge in [0.15, 0.2) is 0 Å². The minimum absolute atomic E-state index is 0.0582. The van der Waals surface area contributed by atoms with Crippen LogP contribution >= 0.6 is 0 Å². The third-order valence-corrected chi connectivity index (χ3v) is 4.48. The number of hydrazine groups is 1. The molecule has 0 aromatic heterocycles. The van der Waals surface area contributed by atoms with Gasteiger partial charge in [-0.05, 0) is 25.0 Å². The molecule has 3 rings (SSSR count). The molecule has 2 saturated heterocycles. The fourth-order valence-corrected chi connectivity index (χ4v) is 3.38. The number of hydrogen-bond acceptors (Lipinski definition) is 6. The van der Waals surface area contributed by atoms with Crippen LogP contribution in [-0.2, 0) is 19.5 Å². The van der Waals surface area contributed by atoms with Gasteiger partial charge < -0.3 is 10.2 Å². The van der Waals surface area contributed by atoms with Crippen LogP contribution in [0.2, 0.25) is 0 Å². The van der Waals surface area contributed by atoms with Crippen molar-refractivity contribution in [2.75, 3.05) is 11.9 Å². The average Bonchev–Trinajstić information content (AvgIpc) is 2.84. The molecule has 5 amide bonds. The number of carbonyl (C=O) groups is 3. The maximum absolute atomic E-state index is 12.3. The van der Waals surface area contributed by atoms with Crippen molar-refractivity contribution >= 4 is 34.1 Å². The molecule has 4 N–H and O–H groups in total. The molecular weight excluding hydrogens is 382 g/mol. The van der Waals surface area contributed by atoms with Crippen LogP contribution in [0.3, 0.4) is 0 Å². The number of urea groups is 2. The summed E-state index contributed by atoms with van der Waals surface area (Å²) in [5, 5.41) is 3.05. The van der Waals surface area contributed by atoms with Gasteiger partial charge in [0, 0.05) is 12.2 Å². The molecule has 146 valence electrons. The van der Waals surface area contributed by atoms with Crippen molar-refractivity contribution in [3.8, 4) is 0 Å². The molecule has 13 heteroatoms. The summed E-state index contributed by atoms with van der Waals surface area (Å²) in [6.07, 6.45) is 0.515. The van der Waals surface area contributed by atoms with Gasteiger partial charge in [0.25, 0.3) is 5.91 Å². The maximum atomic E-state index is 12.3. The fraction of sp³-hybridized carbons (Fsp3) is 0.357. The summed E-state index contributed by atoms with van der Waals surface area (Å²) in [5.74, 6) is -0.640. The van der Waals surface area contributed by atoms with E-state index in [1.807, 2.05) is 0 Å². The van der Waals surface area contributed by atoms with Crippen LogP contribution in [0.1, 0.15) is 12.8 Å². The highest BCUT2D eigenvalue weighted by atomic mass is 32.3. The number of benzene rings is 1. The van der Waals surface area contributed by atoms with Crippen LogP contribution in [0.15, 0.2) is 30.3 Å². The molecule has 1 aromatic rings. The second-order valence-electron chi connectivity index (χ2n) is 5.94. The maximum Gasteiger partial charge on any atom is 0.418 e. The molecule has 2 unspecified atom stereocenters. The first kappa shape index (κ1) is 18.9. The van der Waals surface area contributed by atoms with Crippen molar-refractivity contribution in [3.05, 3.63) is 30.3 Å². The SMILES string of the molecule is O=C(NNC(=O)C1CCC2CN1C(=O)N2OS(=O)(=O)O)Nc1ccccc1. The van der Waals surface area contributed by atoms with Gasteiger partial charge >= 0.3 is 22.5 Å². The number of piperidine rings is 1. The number of nitrogens with zero attached hydrogens (tertiary/aromatic N) is 2. The van der Waals surface area contributed by atoms with Crippen molar-refractivity contribution < 1.29 is 31.6 Å². The summed E-state index contributed by atoms with van der Waals surface area (Å²) >= 11 is 0. The van der Waals surface area contributed by atoms with Gasteiger partial charge in [0.2, 0.25) is 0 Å². The molecule has 1 aromatic carbocycles. The van der Waals surface area contributed by atoms with Crippen molar-refractivity contribution in [1.29, 1.82) is 0 Å². The minimum atomic E-state index is -4.86. The number of rotatable bonds is 4. The molecule has 0 spiro atoms. The Morgan fingerprint density at radius 2 is 1.85 bits per heavy atom. The van der Waals surface area contributed by atoms with Crippen LogP contribution in [0.5, 0.6) is 0 Å². The summed E-state index contributed by atoms with van der Waals surface area (Å²) in [5.41, 5.74) is 4.92. The second kappa shape index (κ2) is 7.38. The van der Waals surface area contributed by atoms with E-state index in [1.54, 1.807) is 30.3 Å². The third kappa shape index (κ3) is 4.45. The van der Waals surface area contributed by atoms with E-state index in [9.17, 15) is 22.8 Å². The summed E-state index contributed by atoms with van der Waals surface area (Å²) in [4.78, 5) is 37.4. The largest absolute Gasteiger partial charge is 0.418 e. The van der Waals surface area contributed by atoms with Crippen molar-refractivity contribution in [2.24, 2.45) is 0 Å². The molecule has 2 heterocycles. The van der Waals surface area contributed by atoms with Crippen molar-refractivity contribution in [3.63, 3.8) is 0 Å². The molecule has 0 aliphatic carbocycles. The van der Waals surface area contributed by atoms with Gasteiger partial charge in [-0.2, -0.15) is 13.5 Å². The van der Waals surface area contributed by atoms with Crippen molar-refractivity contribution in [1.82, 2.24) is 20.8 Å². The average molecular weight is 399 g/mol. The normalized spacial score (nSPS) is 21.7. The first-order chi connectivity index (χ1) is 12.7. The van der Waals surface area contributed by atoms with E-state index in [4.69, 9.17) is 4.55 Å². The molecule has 2 aliphatic heterocycles. The Hall–Kier alpha value is -2.90. The van der Waals surface area contributed by atoms with Crippen LogP contribution < -0.4 is 16.2 Å². The van der Waals surface area contributed by atoms with Crippen LogP contribution in [0.4, 0.5) is 15.3 Å². The van der Waals surface area contributed by atoms with E-state index in [-0.39, 0.29) is 19.4 Å². The predicted molar refractivity (Wildman–Crippen MR) is 90.1 cm³/mol. The zero-order chi connectivity index (χ0) is 19.6. The number of anilines is 1. The van der Waals surface area contributed by atoms with E-state index in [0.717, 1.165) is 4.90 Å². The molecule has 2 bridgehead atoms. The summed E-state index contributed by atoms with van der Waals surface area (Å²) < 4.78 is 34.7. The van der Waals surface area contributed by atoms with Crippen LogP contribution in [0, 0.1) is 0 Å². The Morgan fingerprint density at radius 1 is 1.15 bits per heavy atom. The standard InChI is InChI=1S/C14H17N5O7S/c20-12(16-17-13(21)15-9-4-2-1-3-5-9)11-7-6-10-8-18(11)14(22)19(10)26-27(23,24)25/h1-5,10-11H,6-8H2,(H,16,20)(H2,15,17,21)(H,23,24,25). The topological polar surface area (TPSA) is 157 Å². The zero-order valence-corrected chi connectivity index (χ0v) is 14.7. The predicted octanol–water partition coefficient (Wildman–Crippen LogP) is -0.158. The quantitative estimate of drug-likeness (QED) is 0.405. The van der Waals surface area contributed by atoms with Gasteiger partial charge in [0.1, 0.15) is 6.04 Å². The van der Waals surface area contributed by atoms with Gasteiger partial charge in [-0.25, -0.2) is 15.0 Å². The third-order valence-electron chi connectivity index (χ3n) is 4.13. The van der Waals surface area contributed by atoms with Gasteiger partial charge in [-0.1, -0.05) is 18.2 Å². The number of hydroxylamine groups is 2. The number of nitrogens with one attached hydrogen (secondary N) is 3. The molecular formula is C14H17N5O7S. The van der Waals surface area contributed by atoms with E-state index < -0.39 is 40.5 Å². The lowest BCUT2D eigenvalue weighted by Gasteiger charge is -2.29. The smallest absolute Gasteiger partial charge is 0.309 e. The van der Waals surface area contributed by atoms with Gasteiger partial charge in [-0.15, -0.1) is 4.28 Å². The lowest BCUT2D eigenvalue weighted by Crippen LogP contribution is -2.54. The highest BCUT2D eigenvalue weighted by Gasteiger charge is 2.49. The van der Waals surface area contributed by atoms with Gasteiger partial charge in [0.05, 0.1) is 6.04 Å². The van der Waals surface area contributed by atoms with Crippen molar-refractivity contribution in [2.45, 2.75) is 24.9 Å². The summed E-state index contributed by atoms with van der Waals surface area (Å²) in [6, 6.07) is 5.52. The van der Waals surface area contributed by atoms with Crippen LogP contribution in [0.25, 0.3) is 0 Å². The lowest BCUT2D eigenvalue weighted by atomic mass is 10.0. The van der Waals surface area contributed by atoms with Gasteiger partial charge in [-0.3, -0.25) is 14.8 Å². The zero-order valence-electron chi connectivity index (χ0n) is 13.9. The molecule has 0 radical (unpaired) electrons.